The Balaban J connectivity index is 1.24. The van der Waals surface area contributed by atoms with Crippen molar-refractivity contribution in [2.24, 2.45) is 5.10 Å². The Morgan fingerprint density at radius 2 is 1.81 bits per heavy atom. The third kappa shape index (κ3) is 4.50. The van der Waals surface area contributed by atoms with Crippen molar-refractivity contribution in [3.8, 4) is 0 Å². The van der Waals surface area contributed by atoms with Crippen molar-refractivity contribution >= 4 is 39.7 Å². The van der Waals surface area contributed by atoms with Crippen molar-refractivity contribution in [3.05, 3.63) is 96.1 Å². The lowest BCUT2D eigenvalue weighted by Crippen LogP contribution is -2.37. The van der Waals surface area contributed by atoms with Crippen LogP contribution in [-0.2, 0) is 11.3 Å². The van der Waals surface area contributed by atoms with Gasteiger partial charge in [-0.25, -0.2) is 14.8 Å². The zero-order chi connectivity index (χ0) is 24.3. The molecule has 0 atom stereocenters. The summed E-state index contributed by atoms with van der Waals surface area (Å²) in [7, 11) is 0. The van der Waals surface area contributed by atoms with Gasteiger partial charge in [0, 0.05) is 42.3 Å². The highest BCUT2D eigenvalue weighted by atomic mass is 19.1. The number of morpholine rings is 1. The highest BCUT2D eigenvalue weighted by Crippen LogP contribution is 2.23. The lowest BCUT2D eigenvalue weighted by molar-refractivity contribution is 0.122. The zero-order valence-electron chi connectivity index (χ0n) is 19.6. The third-order valence-electron chi connectivity index (χ3n) is 6.39. The van der Waals surface area contributed by atoms with E-state index in [4.69, 9.17) is 4.74 Å². The van der Waals surface area contributed by atoms with Gasteiger partial charge in [0.15, 0.2) is 11.6 Å². The molecule has 5 aromatic rings. The van der Waals surface area contributed by atoms with Crippen molar-refractivity contribution in [2.45, 2.75) is 6.54 Å². The number of ether oxygens (including phenoxy) is 1. The van der Waals surface area contributed by atoms with Crippen LogP contribution in [0.1, 0.15) is 11.1 Å². The zero-order valence-corrected chi connectivity index (χ0v) is 19.6. The fraction of sp³-hybridized carbons (Fsp3) is 0.179. The quantitative estimate of drug-likeness (QED) is 0.272. The second-order valence-electron chi connectivity index (χ2n) is 8.75. The molecule has 0 radical (unpaired) electrons. The van der Waals surface area contributed by atoms with Crippen molar-refractivity contribution in [1.29, 1.82) is 0 Å². The van der Waals surface area contributed by atoms with Crippen LogP contribution < -0.4 is 10.3 Å². The largest absolute Gasteiger partial charge is 0.378 e. The molecule has 180 valence electrons. The first-order chi connectivity index (χ1) is 17.7. The van der Waals surface area contributed by atoms with E-state index in [2.05, 4.69) is 85.9 Å². The molecule has 0 amide bonds. The molecule has 7 nitrogen and oxygen atoms in total. The average Bonchev–Trinajstić information content (AvgIpc) is 3.27. The first kappa shape index (κ1) is 22.2. The third-order valence-corrected chi connectivity index (χ3v) is 6.39. The van der Waals surface area contributed by atoms with Gasteiger partial charge in [-0.2, -0.15) is 10.1 Å². The molecule has 0 bridgehead atoms. The molecular weight excluding hydrogens is 455 g/mol. The predicted octanol–water partition coefficient (Wildman–Crippen LogP) is 5.05. The highest BCUT2D eigenvalue weighted by Gasteiger charge is 2.17. The van der Waals surface area contributed by atoms with Gasteiger partial charge in [-0.3, -0.25) is 0 Å². The number of para-hydroxylation sites is 1. The van der Waals surface area contributed by atoms with Gasteiger partial charge in [-0.15, -0.1) is 0 Å². The first-order valence-electron chi connectivity index (χ1n) is 11.9. The van der Waals surface area contributed by atoms with E-state index in [1.807, 2.05) is 17.0 Å². The van der Waals surface area contributed by atoms with Gasteiger partial charge < -0.3 is 14.2 Å². The minimum atomic E-state index is -0.455. The van der Waals surface area contributed by atoms with Gasteiger partial charge in [0.05, 0.1) is 25.6 Å². The Hall–Kier alpha value is -4.30. The second-order valence-corrected chi connectivity index (χ2v) is 8.75. The minimum absolute atomic E-state index is 0.244. The van der Waals surface area contributed by atoms with Crippen LogP contribution >= 0.6 is 0 Å². The minimum Gasteiger partial charge on any atom is -0.378 e. The maximum absolute atomic E-state index is 14.3. The number of rotatable bonds is 6. The Labute approximate surface area is 207 Å². The predicted molar refractivity (Wildman–Crippen MR) is 141 cm³/mol. The summed E-state index contributed by atoms with van der Waals surface area (Å²) in [4.78, 5) is 10.2. The van der Waals surface area contributed by atoms with Crippen LogP contribution in [0.3, 0.4) is 0 Å². The molecule has 2 aromatic heterocycles. The Bertz CT molecular complexity index is 1560. The van der Waals surface area contributed by atoms with Crippen molar-refractivity contribution in [2.75, 3.05) is 36.6 Å². The summed E-state index contributed by atoms with van der Waals surface area (Å²) in [5.41, 5.74) is 6.18. The second kappa shape index (κ2) is 9.75. The number of hydrazone groups is 1. The van der Waals surface area contributed by atoms with Crippen LogP contribution in [0.5, 0.6) is 0 Å². The molecule has 1 N–H and O–H groups in total. The number of anilines is 2. The van der Waals surface area contributed by atoms with E-state index in [1.54, 1.807) is 6.21 Å². The molecule has 6 rings (SSSR count). The lowest BCUT2D eigenvalue weighted by Gasteiger charge is -2.27. The number of nitrogens with zero attached hydrogens (tertiary/aromatic N) is 5. The number of halogens is 1. The van der Waals surface area contributed by atoms with E-state index in [0.717, 1.165) is 23.0 Å². The molecule has 1 saturated heterocycles. The van der Waals surface area contributed by atoms with E-state index < -0.39 is 5.82 Å². The van der Waals surface area contributed by atoms with Crippen LogP contribution in [0.4, 0.5) is 16.2 Å². The fourth-order valence-corrected chi connectivity index (χ4v) is 4.61. The normalized spacial score (nSPS) is 14.2. The molecule has 1 fully saturated rings. The van der Waals surface area contributed by atoms with Crippen LogP contribution in [0.2, 0.25) is 0 Å². The molecule has 36 heavy (non-hydrogen) atoms. The summed E-state index contributed by atoms with van der Waals surface area (Å²) >= 11 is 0. The molecule has 8 heteroatoms. The Kier molecular flexibility index (Phi) is 6.01. The van der Waals surface area contributed by atoms with E-state index >= 15 is 0 Å². The summed E-state index contributed by atoms with van der Waals surface area (Å²) in [6.07, 6.45) is 5.02. The standard InChI is InChI=1S/C28H25FN6O/c29-25-17-30-28(32-27(25)34-11-13-36-14-12-34)33-31-16-23-19-35(26-8-4-3-7-24(23)26)18-20-9-10-21-5-1-2-6-22(21)15-20/h1-10,15-17,19H,11-14,18H2,(H,30,32,33)/b31-16-. The van der Waals surface area contributed by atoms with E-state index in [-0.39, 0.29) is 11.8 Å². The van der Waals surface area contributed by atoms with Gasteiger partial charge in [-0.05, 0) is 28.5 Å². The number of nitrogens with one attached hydrogen (secondary N) is 1. The molecule has 1 aliphatic heterocycles. The summed E-state index contributed by atoms with van der Waals surface area (Å²) in [6, 6.07) is 23.2. The van der Waals surface area contributed by atoms with Gasteiger partial charge in [0.1, 0.15) is 0 Å². The molecular formula is C28H25FN6O. The SMILES string of the molecule is Fc1cnc(N/N=C\c2cn(Cc3ccc4ccccc4c3)c3ccccc23)nc1N1CCOCC1. The Morgan fingerprint density at radius 1 is 1.00 bits per heavy atom. The first-order valence-corrected chi connectivity index (χ1v) is 11.9. The van der Waals surface area contributed by atoms with Crippen LogP contribution in [0.25, 0.3) is 21.7 Å². The summed E-state index contributed by atoms with van der Waals surface area (Å²) < 4.78 is 21.9. The van der Waals surface area contributed by atoms with Crippen molar-refractivity contribution in [1.82, 2.24) is 14.5 Å². The van der Waals surface area contributed by atoms with Gasteiger partial charge >= 0.3 is 0 Å². The molecule has 0 spiro atoms. The molecule has 3 aromatic carbocycles. The summed E-state index contributed by atoms with van der Waals surface area (Å²) in [6.45, 7) is 3.03. The van der Waals surface area contributed by atoms with E-state index in [1.165, 1.54) is 22.5 Å². The van der Waals surface area contributed by atoms with Crippen LogP contribution in [0.15, 0.2) is 84.2 Å². The maximum Gasteiger partial charge on any atom is 0.245 e. The molecule has 0 saturated carbocycles. The molecule has 0 unspecified atom stereocenters. The number of hydrogen-bond donors (Lipinski definition) is 1. The number of aromatic nitrogens is 3. The maximum atomic E-state index is 14.3. The van der Waals surface area contributed by atoms with Crippen LogP contribution in [0, 0.1) is 5.82 Å². The van der Waals surface area contributed by atoms with E-state index in [9.17, 15) is 4.39 Å². The van der Waals surface area contributed by atoms with E-state index in [0.29, 0.717) is 26.3 Å². The van der Waals surface area contributed by atoms with Gasteiger partial charge in [-0.1, -0.05) is 54.6 Å². The van der Waals surface area contributed by atoms with Gasteiger partial charge in [0.25, 0.3) is 0 Å². The molecule has 0 aliphatic carbocycles. The molecule has 3 heterocycles. The Morgan fingerprint density at radius 3 is 2.69 bits per heavy atom. The fourth-order valence-electron chi connectivity index (χ4n) is 4.61. The lowest BCUT2D eigenvalue weighted by atomic mass is 10.1. The van der Waals surface area contributed by atoms with Crippen LogP contribution in [-0.4, -0.2) is 47.1 Å². The van der Waals surface area contributed by atoms with Crippen molar-refractivity contribution < 1.29 is 9.13 Å². The average molecular weight is 481 g/mol. The van der Waals surface area contributed by atoms with Crippen molar-refractivity contribution in [3.63, 3.8) is 0 Å². The molecule has 1 aliphatic rings. The number of benzene rings is 3. The van der Waals surface area contributed by atoms with Gasteiger partial charge in [0.2, 0.25) is 5.95 Å². The summed E-state index contributed by atoms with van der Waals surface area (Å²) in [5.74, 6) is 0.0511. The monoisotopic (exact) mass is 480 g/mol. The number of hydrogen-bond acceptors (Lipinski definition) is 6. The summed E-state index contributed by atoms with van der Waals surface area (Å²) in [5, 5.41) is 7.92. The smallest absolute Gasteiger partial charge is 0.245 e. The number of fused-ring (bicyclic) bond motifs is 2. The topological polar surface area (TPSA) is 67.6 Å². The highest BCUT2D eigenvalue weighted by molar-refractivity contribution is 5.99.